The largest absolute Gasteiger partial charge is 0.329 e. The topological polar surface area (TPSA) is 51.0 Å². The number of carbonyl (C=O) groups excluding carboxylic acids is 1. The van der Waals surface area contributed by atoms with E-state index in [2.05, 4.69) is 26.1 Å². The molecule has 1 amide bonds. The summed E-state index contributed by atoms with van der Waals surface area (Å²) in [5.41, 5.74) is 0.576. The van der Waals surface area contributed by atoms with Crippen molar-refractivity contribution in [1.29, 1.82) is 0 Å². The summed E-state index contributed by atoms with van der Waals surface area (Å²) in [5, 5.41) is 8.39. The number of benzene rings is 1. The van der Waals surface area contributed by atoms with Crippen LogP contribution < -0.4 is 0 Å². The number of hydrogen-bond donors (Lipinski definition) is 0. The molecule has 98 valence electrons. The van der Waals surface area contributed by atoms with Gasteiger partial charge in [-0.05, 0) is 18.2 Å². The average Bonchev–Trinajstić information content (AvgIpc) is 2.83. The standard InChI is InChI=1S/C12H10BrClN4O/c13-9-3-8(4-10(14)5-9)12(19)17-1-2-18-7-15-16-11(18)6-17/h3-5,7H,1-2,6H2. The molecular weight excluding hydrogens is 332 g/mol. The lowest BCUT2D eigenvalue weighted by molar-refractivity contribution is 0.0707. The molecule has 0 bridgehead atoms. The van der Waals surface area contributed by atoms with E-state index in [1.807, 2.05) is 4.57 Å². The molecule has 0 fully saturated rings. The van der Waals surface area contributed by atoms with Crippen molar-refractivity contribution in [3.05, 3.63) is 45.4 Å². The van der Waals surface area contributed by atoms with Gasteiger partial charge in [-0.3, -0.25) is 4.79 Å². The highest BCUT2D eigenvalue weighted by atomic mass is 79.9. The molecule has 1 aromatic carbocycles. The first-order valence-electron chi connectivity index (χ1n) is 5.75. The number of aromatic nitrogens is 3. The second kappa shape index (κ2) is 4.94. The molecule has 19 heavy (non-hydrogen) atoms. The maximum Gasteiger partial charge on any atom is 0.254 e. The van der Waals surface area contributed by atoms with E-state index in [9.17, 15) is 4.79 Å². The van der Waals surface area contributed by atoms with E-state index in [4.69, 9.17) is 11.6 Å². The lowest BCUT2D eigenvalue weighted by atomic mass is 10.2. The van der Waals surface area contributed by atoms with Gasteiger partial charge >= 0.3 is 0 Å². The van der Waals surface area contributed by atoms with Crippen LogP contribution in [0.3, 0.4) is 0 Å². The predicted molar refractivity (Wildman–Crippen MR) is 73.9 cm³/mol. The molecule has 0 radical (unpaired) electrons. The number of rotatable bonds is 1. The van der Waals surface area contributed by atoms with Crippen molar-refractivity contribution < 1.29 is 4.79 Å². The van der Waals surface area contributed by atoms with Crippen molar-refractivity contribution in [2.24, 2.45) is 0 Å². The van der Waals surface area contributed by atoms with E-state index in [0.29, 0.717) is 23.7 Å². The van der Waals surface area contributed by atoms with Gasteiger partial charge in [-0.25, -0.2) is 0 Å². The van der Waals surface area contributed by atoms with Crippen LogP contribution in [0.2, 0.25) is 5.02 Å². The molecule has 5 nitrogen and oxygen atoms in total. The van der Waals surface area contributed by atoms with Gasteiger partial charge in [-0.2, -0.15) is 0 Å². The van der Waals surface area contributed by atoms with Gasteiger partial charge in [0.05, 0.1) is 6.54 Å². The number of carbonyl (C=O) groups is 1. The first kappa shape index (κ1) is 12.6. The van der Waals surface area contributed by atoms with Crippen molar-refractivity contribution in [2.75, 3.05) is 6.54 Å². The fourth-order valence-electron chi connectivity index (χ4n) is 2.10. The zero-order valence-electron chi connectivity index (χ0n) is 9.88. The monoisotopic (exact) mass is 340 g/mol. The van der Waals surface area contributed by atoms with Gasteiger partial charge < -0.3 is 9.47 Å². The first-order valence-corrected chi connectivity index (χ1v) is 6.92. The van der Waals surface area contributed by atoms with Gasteiger partial charge in [0.15, 0.2) is 5.82 Å². The van der Waals surface area contributed by atoms with Crippen molar-refractivity contribution >= 4 is 33.4 Å². The Morgan fingerprint density at radius 3 is 2.95 bits per heavy atom. The molecule has 2 heterocycles. The number of hydrogen-bond acceptors (Lipinski definition) is 3. The third kappa shape index (κ3) is 2.50. The molecule has 0 N–H and O–H groups in total. The smallest absolute Gasteiger partial charge is 0.254 e. The Labute approximate surface area is 123 Å². The van der Waals surface area contributed by atoms with Crippen molar-refractivity contribution in [3.8, 4) is 0 Å². The Morgan fingerprint density at radius 2 is 2.16 bits per heavy atom. The quantitative estimate of drug-likeness (QED) is 0.800. The minimum absolute atomic E-state index is 0.0440. The second-order valence-corrected chi connectivity index (χ2v) is 5.68. The molecule has 0 saturated carbocycles. The molecule has 0 unspecified atom stereocenters. The summed E-state index contributed by atoms with van der Waals surface area (Å²) >= 11 is 9.31. The Balaban J connectivity index is 1.85. The minimum Gasteiger partial charge on any atom is -0.329 e. The van der Waals surface area contributed by atoms with Crippen LogP contribution in [0.25, 0.3) is 0 Å². The summed E-state index contributed by atoms with van der Waals surface area (Å²) in [6, 6.07) is 5.20. The molecule has 0 saturated heterocycles. The normalized spacial score (nSPS) is 14.3. The first-order chi connectivity index (χ1) is 9.13. The van der Waals surface area contributed by atoms with Gasteiger partial charge in [0.25, 0.3) is 5.91 Å². The van der Waals surface area contributed by atoms with E-state index in [1.165, 1.54) is 0 Å². The van der Waals surface area contributed by atoms with Crippen LogP contribution in [0.15, 0.2) is 29.0 Å². The summed E-state index contributed by atoms with van der Waals surface area (Å²) in [7, 11) is 0. The second-order valence-electron chi connectivity index (χ2n) is 4.33. The molecular formula is C12H10BrClN4O. The van der Waals surface area contributed by atoms with Crippen molar-refractivity contribution in [1.82, 2.24) is 19.7 Å². The van der Waals surface area contributed by atoms with Crippen LogP contribution in [0.5, 0.6) is 0 Å². The van der Waals surface area contributed by atoms with Gasteiger partial charge in [-0.1, -0.05) is 27.5 Å². The Kier molecular flexibility index (Phi) is 3.28. The zero-order chi connectivity index (χ0) is 13.4. The lowest BCUT2D eigenvalue weighted by Crippen LogP contribution is -2.38. The summed E-state index contributed by atoms with van der Waals surface area (Å²) in [4.78, 5) is 14.2. The fourth-order valence-corrected chi connectivity index (χ4v) is 2.96. The highest BCUT2D eigenvalue weighted by Crippen LogP contribution is 2.22. The van der Waals surface area contributed by atoms with Crippen molar-refractivity contribution in [2.45, 2.75) is 13.1 Å². The molecule has 2 aromatic rings. The fraction of sp³-hybridized carbons (Fsp3) is 0.250. The van der Waals surface area contributed by atoms with E-state index in [-0.39, 0.29) is 5.91 Å². The molecule has 0 aliphatic carbocycles. The Hall–Kier alpha value is -1.40. The maximum absolute atomic E-state index is 12.4. The van der Waals surface area contributed by atoms with E-state index in [1.54, 1.807) is 29.4 Å². The van der Waals surface area contributed by atoms with E-state index < -0.39 is 0 Å². The third-order valence-electron chi connectivity index (χ3n) is 3.04. The van der Waals surface area contributed by atoms with E-state index >= 15 is 0 Å². The molecule has 1 aliphatic rings. The zero-order valence-corrected chi connectivity index (χ0v) is 12.2. The summed E-state index contributed by atoms with van der Waals surface area (Å²) < 4.78 is 2.75. The maximum atomic E-state index is 12.4. The summed E-state index contributed by atoms with van der Waals surface area (Å²) in [6.07, 6.45) is 1.69. The number of amides is 1. The summed E-state index contributed by atoms with van der Waals surface area (Å²) in [6.45, 7) is 1.84. The highest BCUT2D eigenvalue weighted by molar-refractivity contribution is 9.10. The molecule has 1 aromatic heterocycles. The lowest BCUT2D eigenvalue weighted by Gasteiger charge is -2.27. The van der Waals surface area contributed by atoms with Gasteiger partial charge in [0.2, 0.25) is 0 Å². The molecule has 0 atom stereocenters. The molecule has 0 spiro atoms. The minimum atomic E-state index is -0.0440. The van der Waals surface area contributed by atoms with Crippen LogP contribution in [-0.4, -0.2) is 32.1 Å². The van der Waals surface area contributed by atoms with Crippen LogP contribution >= 0.6 is 27.5 Å². The highest BCUT2D eigenvalue weighted by Gasteiger charge is 2.23. The van der Waals surface area contributed by atoms with Gasteiger partial charge in [-0.15, -0.1) is 10.2 Å². The number of halogens is 2. The van der Waals surface area contributed by atoms with E-state index in [0.717, 1.165) is 16.8 Å². The molecule has 7 heteroatoms. The molecule has 3 rings (SSSR count). The molecule has 1 aliphatic heterocycles. The Bertz CT molecular complexity index is 622. The predicted octanol–water partition coefficient (Wildman–Crippen LogP) is 2.35. The average molecular weight is 342 g/mol. The van der Waals surface area contributed by atoms with Crippen LogP contribution in [-0.2, 0) is 13.1 Å². The Morgan fingerprint density at radius 1 is 1.32 bits per heavy atom. The SMILES string of the molecule is O=C(c1cc(Cl)cc(Br)c1)N1CCn2cnnc2C1. The number of fused-ring (bicyclic) bond motifs is 1. The van der Waals surface area contributed by atoms with Crippen LogP contribution in [0, 0.1) is 0 Å². The van der Waals surface area contributed by atoms with Gasteiger partial charge in [0.1, 0.15) is 6.33 Å². The van der Waals surface area contributed by atoms with Crippen LogP contribution in [0.4, 0.5) is 0 Å². The van der Waals surface area contributed by atoms with Crippen molar-refractivity contribution in [3.63, 3.8) is 0 Å². The van der Waals surface area contributed by atoms with Gasteiger partial charge in [0, 0.05) is 28.1 Å². The summed E-state index contributed by atoms with van der Waals surface area (Å²) in [5.74, 6) is 0.762. The van der Waals surface area contributed by atoms with Crippen LogP contribution in [0.1, 0.15) is 16.2 Å². The number of nitrogens with zero attached hydrogens (tertiary/aromatic N) is 4. The third-order valence-corrected chi connectivity index (χ3v) is 3.71.